The molecule has 3 aromatic carbocycles. The molecule has 0 amide bonds. The maximum absolute atomic E-state index is 10.7. The lowest BCUT2D eigenvalue weighted by Gasteiger charge is -2.24. The van der Waals surface area contributed by atoms with Crippen molar-refractivity contribution in [1.82, 2.24) is 10.9 Å². The molecule has 1 aliphatic rings. The molecule has 30 heavy (non-hydrogen) atoms. The Morgan fingerprint density at radius 2 is 1.73 bits per heavy atom. The molecule has 0 saturated carbocycles. The molecule has 3 unspecified atom stereocenters. The van der Waals surface area contributed by atoms with Crippen molar-refractivity contribution >= 4 is 31.9 Å². The zero-order valence-corrected chi connectivity index (χ0v) is 19.5. The monoisotopic (exact) mass is 532 g/mol. The number of benzene rings is 3. The summed E-state index contributed by atoms with van der Waals surface area (Å²) in [5, 5.41) is 10.7. The molecule has 1 fully saturated rings. The number of phenolic OH excluding ortho intramolecular Hbond substituents is 1. The van der Waals surface area contributed by atoms with Gasteiger partial charge in [-0.2, -0.15) is 0 Å². The second-order valence-corrected chi connectivity index (χ2v) is 8.97. The van der Waals surface area contributed by atoms with Crippen LogP contribution in [0.15, 0.2) is 75.7 Å². The van der Waals surface area contributed by atoms with Gasteiger partial charge in [0.15, 0.2) is 0 Å². The third-order valence-electron chi connectivity index (χ3n) is 5.04. The number of hydrogen-bond acceptors (Lipinski definition) is 5. The van der Waals surface area contributed by atoms with Crippen molar-refractivity contribution in [2.45, 2.75) is 31.7 Å². The number of hydrazine groups is 1. The zero-order valence-electron chi connectivity index (χ0n) is 16.3. The summed E-state index contributed by atoms with van der Waals surface area (Å²) in [7, 11) is 0. The first kappa shape index (κ1) is 21.2. The lowest BCUT2D eigenvalue weighted by atomic mass is 9.98. The maximum Gasteiger partial charge on any atom is 0.136 e. The van der Waals surface area contributed by atoms with Gasteiger partial charge in [-0.05, 0) is 64.8 Å². The van der Waals surface area contributed by atoms with E-state index in [0.717, 1.165) is 25.8 Å². The molecule has 4 rings (SSSR count). The van der Waals surface area contributed by atoms with Crippen LogP contribution in [0.4, 0.5) is 0 Å². The lowest BCUT2D eigenvalue weighted by molar-refractivity contribution is 0.169. The van der Waals surface area contributed by atoms with Crippen molar-refractivity contribution in [3.63, 3.8) is 0 Å². The normalized spacial score (nSPS) is 20.8. The van der Waals surface area contributed by atoms with Crippen LogP contribution in [0.5, 0.6) is 17.2 Å². The first-order chi connectivity index (χ1) is 14.5. The quantitative estimate of drug-likeness (QED) is 0.391. The molecule has 1 heterocycles. The number of halogens is 2. The largest absolute Gasteiger partial charge is 0.507 e. The fourth-order valence-electron chi connectivity index (χ4n) is 3.41. The van der Waals surface area contributed by atoms with E-state index < -0.39 is 0 Å². The average Bonchev–Trinajstić information content (AvgIpc) is 3.09. The third-order valence-corrected chi connectivity index (χ3v) is 6.23. The van der Waals surface area contributed by atoms with Crippen LogP contribution in [-0.4, -0.2) is 17.3 Å². The Kier molecular flexibility index (Phi) is 6.63. The minimum Gasteiger partial charge on any atom is -0.507 e. The van der Waals surface area contributed by atoms with Gasteiger partial charge in [-0.25, -0.2) is 5.43 Å². The first-order valence-electron chi connectivity index (χ1n) is 9.63. The first-order valence-corrected chi connectivity index (χ1v) is 11.2. The van der Waals surface area contributed by atoms with Crippen LogP contribution >= 0.6 is 31.9 Å². The molecule has 5 nitrogen and oxygen atoms in total. The lowest BCUT2D eigenvalue weighted by Crippen LogP contribution is -2.33. The summed E-state index contributed by atoms with van der Waals surface area (Å²) in [5.74, 6) is 1.54. The Bertz CT molecular complexity index is 1010. The van der Waals surface area contributed by atoms with E-state index in [1.807, 2.05) is 67.6 Å². The van der Waals surface area contributed by atoms with Gasteiger partial charge in [-0.3, -0.25) is 5.43 Å². The molecule has 3 N–H and O–H groups in total. The van der Waals surface area contributed by atoms with Gasteiger partial charge >= 0.3 is 0 Å². The van der Waals surface area contributed by atoms with Gasteiger partial charge in [-0.1, -0.05) is 40.2 Å². The Morgan fingerprint density at radius 3 is 2.47 bits per heavy atom. The molecule has 0 bridgehead atoms. The smallest absolute Gasteiger partial charge is 0.136 e. The Balaban J connectivity index is 1.48. The number of phenols is 1. The number of hydrogen-bond donors (Lipinski definition) is 3. The van der Waals surface area contributed by atoms with Crippen LogP contribution in [0.25, 0.3) is 0 Å². The van der Waals surface area contributed by atoms with E-state index in [2.05, 4.69) is 42.7 Å². The van der Waals surface area contributed by atoms with E-state index in [1.54, 1.807) is 6.07 Å². The van der Waals surface area contributed by atoms with Crippen LogP contribution in [-0.2, 0) is 6.61 Å². The molecule has 0 aliphatic carbocycles. The molecule has 3 aromatic rings. The van der Waals surface area contributed by atoms with E-state index >= 15 is 0 Å². The van der Waals surface area contributed by atoms with Crippen molar-refractivity contribution in [2.24, 2.45) is 0 Å². The van der Waals surface area contributed by atoms with E-state index in [4.69, 9.17) is 9.47 Å². The van der Waals surface area contributed by atoms with Gasteiger partial charge in [0, 0.05) is 16.1 Å². The van der Waals surface area contributed by atoms with Crippen LogP contribution in [0.2, 0.25) is 0 Å². The van der Waals surface area contributed by atoms with Crippen molar-refractivity contribution in [3.8, 4) is 17.2 Å². The molecule has 156 valence electrons. The van der Waals surface area contributed by atoms with Gasteiger partial charge in [-0.15, -0.1) is 0 Å². The molecule has 0 radical (unpaired) electrons. The van der Waals surface area contributed by atoms with Gasteiger partial charge in [0.1, 0.15) is 30.0 Å². The summed E-state index contributed by atoms with van der Waals surface area (Å²) in [6.07, 6.45) is -0.205. The van der Waals surface area contributed by atoms with Crippen LogP contribution in [0.3, 0.4) is 0 Å². The summed E-state index contributed by atoms with van der Waals surface area (Å²) in [6.45, 7) is 2.47. The summed E-state index contributed by atoms with van der Waals surface area (Å²) >= 11 is 6.96. The Morgan fingerprint density at radius 1 is 0.967 bits per heavy atom. The topological polar surface area (TPSA) is 62.8 Å². The summed E-state index contributed by atoms with van der Waals surface area (Å²) < 4.78 is 14.0. The number of para-hydroxylation sites is 1. The van der Waals surface area contributed by atoms with Crippen LogP contribution in [0.1, 0.15) is 24.1 Å². The van der Waals surface area contributed by atoms with E-state index in [1.165, 1.54) is 0 Å². The molecule has 3 atom stereocenters. The van der Waals surface area contributed by atoms with Crippen molar-refractivity contribution in [3.05, 3.63) is 86.8 Å². The Hall–Kier alpha value is -2.06. The molecule has 7 heteroatoms. The van der Waals surface area contributed by atoms with Crippen molar-refractivity contribution in [1.29, 1.82) is 0 Å². The van der Waals surface area contributed by atoms with Gasteiger partial charge in [0.2, 0.25) is 0 Å². The zero-order chi connectivity index (χ0) is 21.1. The van der Waals surface area contributed by atoms with Gasteiger partial charge in [0.25, 0.3) is 0 Å². The number of aromatic hydroxyl groups is 1. The highest BCUT2D eigenvalue weighted by Crippen LogP contribution is 2.36. The second kappa shape index (κ2) is 9.39. The summed E-state index contributed by atoms with van der Waals surface area (Å²) in [5.41, 5.74) is 8.26. The highest BCUT2D eigenvalue weighted by molar-refractivity contribution is 9.10. The number of ether oxygens (including phenoxy) is 2. The third kappa shape index (κ3) is 4.81. The van der Waals surface area contributed by atoms with Gasteiger partial charge < -0.3 is 14.6 Å². The highest BCUT2D eigenvalue weighted by Gasteiger charge is 2.37. The fraction of sp³-hybridized carbons (Fsp3) is 0.217. The molecule has 1 saturated heterocycles. The molecule has 0 aromatic heterocycles. The second-order valence-electron chi connectivity index (χ2n) is 7.20. The number of rotatable bonds is 6. The van der Waals surface area contributed by atoms with E-state index in [0.29, 0.717) is 12.4 Å². The summed E-state index contributed by atoms with van der Waals surface area (Å²) in [6, 6.07) is 20.9. The molecule has 1 aliphatic heterocycles. The molecule has 0 spiro atoms. The number of nitrogens with one attached hydrogen (secondary N) is 2. The standard InChI is InChI=1S/C23H22Br2N2O3/c1-14-23(30-21-5-3-2-4-19(21)25)22(27-26-14)18-11-10-17(12-20(18)28)29-13-15-6-8-16(24)9-7-15/h2-12,14,22-23,26-28H,13H2,1H3. The van der Waals surface area contributed by atoms with E-state index in [-0.39, 0.29) is 23.9 Å². The summed E-state index contributed by atoms with van der Waals surface area (Å²) in [4.78, 5) is 0. The van der Waals surface area contributed by atoms with Gasteiger partial charge in [0.05, 0.1) is 16.6 Å². The van der Waals surface area contributed by atoms with Crippen molar-refractivity contribution in [2.75, 3.05) is 0 Å². The average molecular weight is 534 g/mol. The fourth-order valence-corrected chi connectivity index (χ4v) is 4.05. The molecular weight excluding hydrogens is 512 g/mol. The minimum absolute atomic E-state index is 0.0508. The minimum atomic E-state index is -0.215. The predicted molar refractivity (Wildman–Crippen MR) is 124 cm³/mol. The highest BCUT2D eigenvalue weighted by atomic mass is 79.9. The van der Waals surface area contributed by atoms with E-state index in [9.17, 15) is 5.11 Å². The maximum atomic E-state index is 10.7. The predicted octanol–water partition coefficient (Wildman–Crippen LogP) is 5.48. The van der Waals surface area contributed by atoms with Crippen LogP contribution < -0.4 is 20.3 Å². The SMILES string of the molecule is CC1NNC(c2ccc(OCc3ccc(Br)cc3)cc2O)C1Oc1ccccc1Br. The Labute approximate surface area is 192 Å². The van der Waals surface area contributed by atoms with Crippen LogP contribution in [0, 0.1) is 0 Å². The van der Waals surface area contributed by atoms with Crippen molar-refractivity contribution < 1.29 is 14.6 Å². The molecular formula is C23H22Br2N2O3.